The maximum absolute atomic E-state index is 4.57. The molecule has 0 unspecified atom stereocenters. The van der Waals surface area contributed by atoms with Crippen LogP contribution in [0.15, 0.2) is 48.8 Å². The highest BCUT2D eigenvalue weighted by Gasteiger charge is 2.18. The number of hydrogen-bond acceptors (Lipinski definition) is 2. The molecule has 1 aromatic heterocycles. The molecular weight excluding hydrogens is 292 g/mol. The Morgan fingerprint density at radius 1 is 0.917 bits per heavy atom. The monoisotopic (exact) mass is 316 g/mol. The zero-order valence-electron chi connectivity index (χ0n) is 14.5. The van der Waals surface area contributed by atoms with E-state index in [2.05, 4.69) is 66.3 Å². The van der Waals surface area contributed by atoms with Crippen molar-refractivity contribution in [3.63, 3.8) is 0 Å². The van der Waals surface area contributed by atoms with Crippen LogP contribution >= 0.6 is 0 Å². The van der Waals surface area contributed by atoms with Crippen molar-refractivity contribution in [3.05, 3.63) is 59.9 Å². The van der Waals surface area contributed by atoms with E-state index in [-0.39, 0.29) is 0 Å². The first-order valence-corrected chi connectivity index (χ1v) is 9.07. The minimum atomic E-state index is 0.551. The van der Waals surface area contributed by atoms with Gasteiger partial charge in [0.1, 0.15) is 6.33 Å². The summed E-state index contributed by atoms with van der Waals surface area (Å²) in [6.07, 6.45) is 7.06. The summed E-state index contributed by atoms with van der Waals surface area (Å²) in [5.41, 5.74) is 6.08. The number of benzene rings is 2. The second kappa shape index (κ2) is 6.35. The fourth-order valence-corrected chi connectivity index (χ4v) is 3.84. The lowest BCUT2D eigenvalue weighted by Gasteiger charge is -2.12. The molecule has 0 N–H and O–H groups in total. The van der Waals surface area contributed by atoms with Crippen molar-refractivity contribution in [2.75, 3.05) is 0 Å². The average molecular weight is 316 g/mol. The lowest BCUT2D eigenvalue weighted by Crippen LogP contribution is -1.95. The summed E-state index contributed by atoms with van der Waals surface area (Å²) in [6, 6.07) is 15.6. The van der Waals surface area contributed by atoms with Gasteiger partial charge in [0.25, 0.3) is 0 Å². The normalized spacial score (nSPS) is 15.5. The number of aromatic nitrogens is 2. The first kappa shape index (κ1) is 15.3. The first-order chi connectivity index (χ1) is 11.7. The molecule has 1 heterocycles. The lowest BCUT2D eigenvalue weighted by atomic mass is 9.95. The maximum atomic E-state index is 4.57. The quantitative estimate of drug-likeness (QED) is 0.585. The Morgan fingerprint density at radius 3 is 2.38 bits per heavy atom. The molecule has 2 heteroatoms. The molecule has 0 radical (unpaired) electrons. The van der Waals surface area contributed by atoms with Gasteiger partial charge in [-0.05, 0) is 41.9 Å². The van der Waals surface area contributed by atoms with E-state index in [0.29, 0.717) is 5.92 Å². The van der Waals surface area contributed by atoms with Gasteiger partial charge >= 0.3 is 0 Å². The minimum Gasteiger partial charge on any atom is -0.236 e. The molecule has 0 atom stereocenters. The lowest BCUT2D eigenvalue weighted by molar-refractivity contribution is 0.724. The van der Waals surface area contributed by atoms with Gasteiger partial charge < -0.3 is 0 Å². The topological polar surface area (TPSA) is 25.8 Å². The third-order valence-electron chi connectivity index (χ3n) is 5.34. The number of nitrogens with zero attached hydrogens (tertiary/aromatic N) is 2. The highest BCUT2D eigenvalue weighted by molar-refractivity contribution is 5.92. The van der Waals surface area contributed by atoms with Crippen LogP contribution in [0.25, 0.3) is 22.2 Å². The largest absolute Gasteiger partial charge is 0.236 e. The molecule has 3 aromatic rings. The molecule has 0 spiro atoms. The Morgan fingerprint density at radius 2 is 1.67 bits per heavy atom. The molecule has 1 aliphatic rings. The van der Waals surface area contributed by atoms with Gasteiger partial charge in [-0.15, -0.1) is 0 Å². The van der Waals surface area contributed by atoms with E-state index in [9.17, 15) is 0 Å². The van der Waals surface area contributed by atoms with Gasteiger partial charge in [-0.25, -0.2) is 9.97 Å². The van der Waals surface area contributed by atoms with Crippen molar-refractivity contribution < 1.29 is 0 Å². The molecule has 122 valence electrons. The van der Waals surface area contributed by atoms with E-state index in [1.54, 1.807) is 6.33 Å². The second-order valence-electron chi connectivity index (χ2n) is 7.26. The SMILES string of the molecule is CC(C)c1ccc(-c2ncnc3cc(C4CCCC4)ccc23)cc1. The number of fused-ring (bicyclic) bond motifs is 1. The summed E-state index contributed by atoms with van der Waals surface area (Å²) in [7, 11) is 0. The highest BCUT2D eigenvalue weighted by Crippen LogP contribution is 2.36. The molecule has 1 aliphatic carbocycles. The van der Waals surface area contributed by atoms with Gasteiger partial charge in [0.15, 0.2) is 0 Å². The summed E-state index contributed by atoms with van der Waals surface area (Å²) in [4.78, 5) is 9.10. The molecule has 1 fully saturated rings. The van der Waals surface area contributed by atoms with E-state index in [1.807, 2.05) is 0 Å². The van der Waals surface area contributed by atoms with E-state index >= 15 is 0 Å². The van der Waals surface area contributed by atoms with Crippen LogP contribution in [0.2, 0.25) is 0 Å². The van der Waals surface area contributed by atoms with E-state index in [4.69, 9.17) is 0 Å². The van der Waals surface area contributed by atoms with Crippen LogP contribution in [0.4, 0.5) is 0 Å². The van der Waals surface area contributed by atoms with Crippen LogP contribution in [0.5, 0.6) is 0 Å². The third kappa shape index (κ3) is 2.82. The van der Waals surface area contributed by atoms with Crippen LogP contribution in [0.1, 0.15) is 62.5 Å². The van der Waals surface area contributed by atoms with Crippen LogP contribution in [0.3, 0.4) is 0 Å². The summed E-state index contributed by atoms with van der Waals surface area (Å²) >= 11 is 0. The Kier molecular flexibility index (Phi) is 4.05. The highest BCUT2D eigenvalue weighted by atomic mass is 14.8. The second-order valence-corrected chi connectivity index (χ2v) is 7.26. The zero-order valence-corrected chi connectivity index (χ0v) is 14.5. The molecule has 4 rings (SSSR count). The molecule has 2 nitrogen and oxygen atoms in total. The summed E-state index contributed by atoms with van der Waals surface area (Å²) in [6.45, 7) is 4.44. The Balaban J connectivity index is 1.75. The fourth-order valence-electron chi connectivity index (χ4n) is 3.84. The smallest absolute Gasteiger partial charge is 0.116 e. The fraction of sp³-hybridized carbons (Fsp3) is 0.364. The molecule has 0 amide bonds. The van der Waals surface area contributed by atoms with Crippen molar-refractivity contribution in [1.29, 1.82) is 0 Å². The maximum Gasteiger partial charge on any atom is 0.116 e. The van der Waals surface area contributed by atoms with Gasteiger partial charge in [0, 0.05) is 10.9 Å². The van der Waals surface area contributed by atoms with Gasteiger partial charge in [0.05, 0.1) is 11.2 Å². The van der Waals surface area contributed by atoms with Crippen LogP contribution in [0, 0.1) is 0 Å². The molecule has 0 aliphatic heterocycles. The van der Waals surface area contributed by atoms with Gasteiger partial charge in [-0.3, -0.25) is 0 Å². The molecule has 1 saturated carbocycles. The van der Waals surface area contributed by atoms with Gasteiger partial charge in [-0.2, -0.15) is 0 Å². The Bertz CT molecular complexity index is 843. The van der Waals surface area contributed by atoms with Crippen molar-refractivity contribution in [2.45, 2.75) is 51.4 Å². The number of rotatable bonds is 3. The molecule has 0 saturated heterocycles. The van der Waals surface area contributed by atoms with Crippen LogP contribution in [-0.2, 0) is 0 Å². The van der Waals surface area contributed by atoms with Crippen LogP contribution in [-0.4, -0.2) is 9.97 Å². The predicted octanol–water partition coefficient (Wildman–Crippen LogP) is 6.08. The molecule has 24 heavy (non-hydrogen) atoms. The van der Waals surface area contributed by atoms with E-state index < -0.39 is 0 Å². The average Bonchev–Trinajstić information content (AvgIpc) is 3.15. The zero-order chi connectivity index (χ0) is 16.5. The molecule has 0 bridgehead atoms. The number of hydrogen-bond donors (Lipinski definition) is 0. The first-order valence-electron chi connectivity index (χ1n) is 9.07. The van der Waals surface area contributed by atoms with Gasteiger partial charge in [0.2, 0.25) is 0 Å². The summed E-state index contributed by atoms with van der Waals surface area (Å²) in [5, 5.41) is 1.15. The van der Waals surface area contributed by atoms with Crippen molar-refractivity contribution >= 4 is 10.9 Å². The Labute approximate surface area is 144 Å². The molecular formula is C22H24N2. The van der Waals surface area contributed by atoms with Crippen molar-refractivity contribution in [2.24, 2.45) is 0 Å². The predicted molar refractivity (Wildman–Crippen MR) is 100 cm³/mol. The van der Waals surface area contributed by atoms with E-state index in [1.165, 1.54) is 42.4 Å². The van der Waals surface area contributed by atoms with Crippen molar-refractivity contribution in [3.8, 4) is 11.3 Å². The van der Waals surface area contributed by atoms with Crippen molar-refractivity contribution in [1.82, 2.24) is 9.97 Å². The summed E-state index contributed by atoms with van der Waals surface area (Å²) in [5.74, 6) is 1.27. The standard InChI is InChI=1S/C22H24N2/c1-15(2)16-7-9-18(10-8-16)22-20-12-11-19(17-5-3-4-6-17)13-21(20)23-14-24-22/h7-15,17H,3-6H2,1-2H3. The molecule has 2 aromatic carbocycles. The Hall–Kier alpha value is -2.22. The summed E-state index contributed by atoms with van der Waals surface area (Å²) < 4.78 is 0. The third-order valence-corrected chi connectivity index (χ3v) is 5.34. The van der Waals surface area contributed by atoms with Gasteiger partial charge in [-0.1, -0.05) is 63.1 Å². The van der Waals surface area contributed by atoms with E-state index in [0.717, 1.165) is 22.5 Å². The minimum absolute atomic E-state index is 0.551. The van der Waals surface area contributed by atoms with Crippen LogP contribution < -0.4 is 0 Å².